The molecule has 1 atom stereocenters. The summed E-state index contributed by atoms with van der Waals surface area (Å²) in [4.78, 5) is 53.3. The molecule has 200 valence electrons. The second kappa shape index (κ2) is 12.7. The molecule has 0 fully saturated rings. The van der Waals surface area contributed by atoms with E-state index in [-0.39, 0.29) is 24.9 Å². The third kappa shape index (κ3) is 7.20. The predicted molar refractivity (Wildman–Crippen MR) is 149 cm³/mol. The number of benzene rings is 2. The molecule has 0 aliphatic carbocycles. The van der Waals surface area contributed by atoms with Gasteiger partial charge < -0.3 is 20.4 Å². The highest BCUT2D eigenvalue weighted by Gasteiger charge is 2.33. The molecule has 0 aliphatic heterocycles. The van der Waals surface area contributed by atoms with Crippen molar-refractivity contribution >= 4 is 46.3 Å². The Kier molecular flexibility index (Phi) is 8.90. The number of furan rings is 1. The molecule has 4 amide bonds. The Bertz CT molecular complexity index is 1420. The standard InChI is InChI=1S/C29H28N4O5S/c1-19-7-9-21(10-8-19)27(29(37)30-17-24-5-3-15-38-24)33(23-13-11-22(12-14-23)32-20(2)34)26(35)18-31-28(36)25-6-4-16-39-25/h3-16,27H,17-18H2,1-2H3,(H,30,37)(H,31,36)(H,32,34). The average molecular weight is 545 g/mol. The first kappa shape index (κ1) is 27.3. The van der Waals surface area contributed by atoms with Crippen molar-refractivity contribution in [3.63, 3.8) is 0 Å². The van der Waals surface area contributed by atoms with Gasteiger partial charge in [-0.25, -0.2) is 0 Å². The molecule has 4 aromatic rings. The van der Waals surface area contributed by atoms with Crippen LogP contribution in [-0.4, -0.2) is 30.2 Å². The lowest BCUT2D eigenvalue weighted by Gasteiger charge is -2.32. The van der Waals surface area contributed by atoms with Crippen LogP contribution in [0.25, 0.3) is 0 Å². The molecule has 2 aromatic heterocycles. The van der Waals surface area contributed by atoms with Crippen LogP contribution in [0.4, 0.5) is 11.4 Å². The number of hydrogen-bond donors (Lipinski definition) is 3. The van der Waals surface area contributed by atoms with E-state index in [4.69, 9.17) is 4.42 Å². The Morgan fingerprint density at radius 1 is 0.923 bits per heavy atom. The maximum atomic E-state index is 13.7. The van der Waals surface area contributed by atoms with E-state index in [0.717, 1.165) is 5.56 Å². The molecule has 0 saturated carbocycles. The van der Waals surface area contributed by atoms with Crippen LogP contribution >= 0.6 is 11.3 Å². The molecule has 0 saturated heterocycles. The summed E-state index contributed by atoms with van der Waals surface area (Å²) in [6.45, 7) is 3.13. The summed E-state index contributed by atoms with van der Waals surface area (Å²) in [5.41, 5.74) is 2.53. The van der Waals surface area contributed by atoms with E-state index in [1.165, 1.54) is 29.4 Å². The zero-order valence-electron chi connectivity index (χ0n) is 21.5. The number of amides is 4. The largest absolute Gasteiger partial charge is 0.467 e. The Balaban J connectivity index is 1.68. The number of hydrogen-bond acceptors (Lipinski definition) is 6. The quantitative estimate of drug-likeness (QED) is 0.273. The second-order valence-corrected chi connectivity index (χ2v) is 9.71. The lowest BCUT2D eigenvalue weighted by Crippen LogP contribution is -2.47. The highest BCUT2D eigenvalue weighted by atomic mass is 32.1. The smallest absolute Gasteiger partial charge is 0.261 e. The Hall–Kier alpha value is -4.70. The number of anilines is 2. The highest BCUT2D eigenvalue weighted by Crippen LogP contribution is 2.29. The molecule has 0 spiro atoms. The minimum atomic E-state index is -1.06. The molecule has 10 heteroatoms. The van der Waals surface area contributed by atoms with E-state index in [2.05, 4.69) is 16.0 Å². The van der Waals surface area contributed by atoms with Crippen molar-refractivity contribution in [2.75, 3.05) is 16.8 Å². The van der Waals surface area contributed by atoms with Gasteiger partial charge in [0.05, 0.1) is 24.2 Å². The van der Waals surface area contributed by atoms with Gasteiger partial charge in [0, 0.05) is 18.3 Å². The molecule has 1 unspecified atom stereocenters. The van der Waals surface area contributed by atoms with Crippen LogP contribution in [0.1, 0.15) is 39.5 Å². The second-order valence-electron chi connectivity index (χ2n) is 8.76. The first-order chi connectivity index (χ1) is 18.8. The van der Waals surface area contributed by atoms with Crippen LogP contribution in [0.15, 0.2) is 88.9 Å². The van der Waals surface area contributed by atoms with E-state index in [1.54, 1.807) is 66.0 Å². The zero-order valence-corrected chi connectivity index (χ0v) is 22.3. The van der Waals surface area contributed by atoms with Crippen LogP contribution in [0, 0.1) is 6.92 Å². The first-order valence-corrected chi connectivity index (χ1v) is 13.1. The van der Waals surface area contributed by atoms with Crippen molar-refractivity contribution in [3.8, 4) is 0 Å². The van der Waals surface area contributed by atoms with Crippen molar-refractivity contribution in [2.45, 2.75) is 26.4 Å². The molecule has 9 nitrogen and oxygen atoms in total. The van der Waals surface area contributed by atoms with Gasteiger partial charge in [-0.3, -0.25) is 24.1 Å². The minimum Gasteiger partial charge on any atom is -0.467 e. The molecule has 3 N–H and O–H groups in total. The van der Waals surface area contributed by atoms with Crippen molar-refractivity contribution < 1.29 is 23.6 Å². The van der Waals surface area contributed by atoms with Crippen molar-refractivity contribution in [1.29, 1.82) is 0 Å². The van der Waals surface area contributed by atoms with Gasteiger partial charge in [-0.1, -0.05) is 35.9 Å². The summed E-state index contributed by atoms with van der Waals surface area (Å²) >= 11 is 1.26. The third-order valence-corrected chi connectivity index (χ3v) is 6.66. The Morgan fingerprint density at radius 2 is 1.67 bits per heavy atom. The maximum Gasteiger partial charge on any atom is 0.261 e. The maximum absolute atomic E-state index is 13.7. The summed E-state index contributed by atoms with van der Waals surface area (Å²) in [7, 11) is 0. The fourth-order valence-electron chi connectivity index (χ4n) is 3.93. The molecular formula is C29H28N4O5S. The predicted octanol–water partition coefficient (Wildman–Crippen LogP) is 4.43. The van der Waals surface area contributed by atoms with Gasteiger partial charge in [0.2, 0.25) is 17.7 Å². The molecule has 0 radical (unpaired) electrons. The van der Waals surface area contributed by atoms with Crippen molar-refractivity contribution in [2.24, 2.45) is 0 Å². The van der Waals surface area contributed by atoms with Gasteiger partial charge in [0.15, 0.2) is 0 Å². The van der Waals surface area contributed by atoms with E-state index in [0.29, 0.717) is 27.6 Å². The molecule has 4 rings (SSSR count). The summed E-state index contributed by atoms with van der Waals surface area (Å²) in [6.07, 6.45) is 1.52. The normalized spacial score (nSPS) is 11.3. The number of nitrogens with zero attached hydrogens (tertiary/aromatic N) is 1. The SMILES string of the molecule is CC(=O)Nc1ccc(N(C(=O)CNC(=O)c2cccs2)C(C(=O)NCc2ccco2)c2ccc(C)cc2)cc1. The van der Waals surface area contributed by atoms with Crippen LogP contribution < -0.4 is 20.9 Å². The summed E-state index contributed by atoms with van der Waals surface area (Å²) in [5, 5.41) is 9.98. The van der Waals surface area contributed by atoms with Gasteiger partial charge >= 0.3 is 0 Å². The number of carbonyl (C=O) groups is 4. The fraction of sp³-hybridized carbons (Fsp3) is 0.172. The van der Waals surface area contributed by atoms with Gasteiger partial charge in [-0.2, -0.15) is 0 Å². The van der Waals surface area contributed by atoms with Gasteiger partial charge in [-0.15, -0.1) is 11.3 Å². The Morgan fingerprint density at radius 3 is 2.28 bits per heavy atom. The molecule has 2 aromatic carbocycles. The fourth-order valence-corrected chi connectivity index (χ4v) is 4.57. The van der Waals surface area contributed by atoms with Gasteiger partial charge in [0.1, 0.15) is 11.8 Å². The Labute approximate surface area is 229 Å². The molecule has 2 heterocycles. The number of nitrogens with one attached hydrogen (secondary N) is 3. The average Bonchev–Trinajstić information content (AvgIpc) is 3.65. The van der Waals surface area contributed by atoms with Gasteiger partial charge in [-0.05, 0) is 60.3 Å². The van der Waals surface area contributed by atoms with E-state index in [9.17, 15) is 19.2 Å². The highest BCUT2D eigenvalue weighted by molar-refractivity contribution is 7.12. The van der Waals surface area contributed by atoms with E-state index < -0.39 is 17.9 Å². The number of thiophene rings is 1. The van der Waals surface area contributed by atoms with Crippen LogP contribution in [-0.2, 0) is 20.9 Å². The number of carbonyl (C=O) groups excluding carboxylic acids is 4. The number of rotatable bonds is 10. The zero-order chi connectivity index (χ0) is 27.8. The summed E-state index contributed by atoms with van der Waals surface area (Å²) in [6, 6.07) is 19.7. The lowest BCUT2D eigenvalue weighted by molar-refractivity contribution is -0.126. The third-order valence-electron chi connectivity index (χ3n) is 5.80. The van der Waals surface area contributed by atoms with Crippen LogP contribution in [0.3, 0.4) is 0 Å². The van der Waals surface area contributed by atoms with Crippen LogP contribution in [0.5, 0.6) is 0 Å². The molecule has 0 bridgehead atoms. The lowest BCUT2D eigenvalue weighted by atomic mass is 10.0. The van der Waals surface area contributed by atoms with E-state index in [1.807, 2.05) is 19.1 Å². The topological polar surface area (TPSA) is 121 Å². The van der Waals surface area contributed by atoms with Crippen molar-refractivity contribution in [1.82, 2.24) is 10.6 Å². The molecule has 0 aliphatic rings. The number of aryl methyl sites for hydroxylation is 1. The molecular weight excluding hydrogens is 516 g/mol. The first-order valence-electron chi connectivity index (χ1n) is 12.2. The molecule has 39 heavy (non-hydrogen) atoms. The van der Waals surface area contributed by atoms with Crippen molar-refractivity contribution in [3.05, 3.63) is 106 Å². The summed E-state index contributed by atoms with van der Waals surface area (Å²) in [5.74, 6) is -0.980. The van der Waals surface area contributed by atoms with Gasteiger partial charge in [0.25, 0.3) is 5.91 Å². The monoisotopic (exact) mass is 544 g/mol. The van der Waals surface area contributed by atoms with Crippen LogP contribution in [0.2, 0.25) is 0 Å². The minimum absolute atomic E-state index is 0.132. The van der Waals surface area contributed by atoms with E-state index >= 15 is 0 Å². The summed E-state index contributed by atoms with van der Waals surface area (Å²) < 4.78 is 5.35.